The summed E-state index contributed by atoms with van der Waals surface area (Å²) in [5.74, 6) is -0.0730. The molecule has 0 amide bonds. The Bertz CT molecular complexity index is 580. The van der Waals surface area contributed by atoms with Crippen LogP contribution in [0.1, 0.15) is 16.3 Å². The number of halogens is 2. The van der Waals surface area contributed by atoms with E-state index in [1.807, 2.05) is 0 Å². The predicted octanol–water partition coefficient (Wildman–Crippen LogP) is 4.58. The minimum absolute atomic E-state index is 0.0669. The molecular formula is C12H8Cl2O3S. The molecule has 0 saturated carbocycles. The zero-order valence-electron chi connectivity index (χ0n) is 9.02. The lowest BCUT2D eigenvalue weighted by Crippen LogP contribution is -1.91. The summed E-state index contributed by atoms with van der Waals surface area (Å²) in [4.78, 5) is 11.5. The number of hydrogen-bond donors (Lipinski definition) is 1. The summed E-state index contributed by atoms with van der Waals surface area (Å²) in [6.07, 6.45) is 0. The number of furan rings is 1. The third kappa shape index (κ3) is 3.22. The van der Waals surface area contributed by atoms with Crippen molar-refractivity contribution in [3.8, 4) is 0 Å². The number of rotatable bonds is 4. The van der Waals surface area contributed by atoms with Gasteiger partial charge in [-0.2, -0.15) is 0 Å². The van der Waals surface area contributed by atoms with Crippen molar-refractivity contribution >= 4 is 40.9 Å². The second-order valence-electron chi connectivity index (χ2n) is 3.43. The van der Waals surface area contributed by atoms with Crippen molar-refractivity contribution in [3.05, 3.63) is 51.9 Å². The molecule has 6 heteroatoms. The Morgan fingerprint density at radius 2 is 2.06 bits per heavy atom. The molecule has 0 bridgehead atoms. The molecule has 0 saturated heterocycles. The SMILES string of the molecule is O=C(O)c1ccc(CSc2cc(Cl)ccc2Cl)o1. The number of carboxylic acids is 1. The number of aromatic carboxylic acids is 1. The van der Waals surface area contributed by atoms with Crippen molar-refractivity contribution in [1.82, 2.24) is 0 Å². The first kappa shape index (κ1) is 13.3. The summed E-state index contributed by atoms with van der Waals surface area (Å²) in [5, 5.41) is 9.93. The molecule has 1 aromatic heterocycles. The zero-order valence-corrected chi connectivity index (χ0v) is 11.4. The van der Waals surface area contributed by atoms with Gasteiger partial charge in [0.25, 0.3) is 0 Å². The van der Waals surface area contributed by atoms with Crippen molar-refractivity contribution in [2.45, 2.75) is 10.6 Å². The van der Waals surface area contributed by atoms with Crippen molar-refractivity contribution in [2.75, 3.05) is 0 Å². The molecule has 0 aliphatic carbocycles. The molecule has 0 unspecified atom stereocenters. The summed E-state index contributed by atoms with van der Waals surface area (Å²) in [7, 11) is 0. The summed E-state index contributed by atoms with van der Waals surface area (Å²) < 4.78 is 5.14. The van der Waals surface area contributed by atoms with E-state index >= 15 is 0 Å². The normalized spacial score (nSPS) is 10.6. The standard InChI is InChI=1S/C12H8Cl2O3S/c13-7-1-3-9(14)11(5-7)18-6-8-2-4-10(17-8)12(15)16/h1-5H,6H2,(H,15,16). The quantitative estimate of drug-likeness (QED) is 0.840. The first-order valence-corrected chi connectivity index (χ1v) is 6.70. The molecule has 1 N–H and O–H groups in total. The van der Waals surface area contributed by atoms with Gasteiger partial charge in [-0.25, -0.2) is 4.79 Å². The van der Waals surface area contributed by atoms with Crippen molar-refractivity contribution in [3.63, 3.8) is 0 Å². The third-order valence-electron chi connectivity index (χ3n) is 2.14. The number of benzene rings is 1. The second-order valence-corrected chi connectivity index (χ2v) is 5.30. The molecule has 18 heavy (non-hydrogen) atoms. The van der Waals surface area contributed by atoms with E-state index in [0.29, 0.717) is 21.6 Å². The number of thioether (sulfide) groups is 1. The van der Waals surface area contributed by atoms with Gasteiger partial charge >= 0.3 is 5.97 Å². The lowest BCUT2D eigenvalue weighted by Gasteiger charge is -2.03. The van der Waals surface area contributed by atoms with E-state index in [1.54, 1.807) is 24.3 Å². The van der Waals surface area contributed by atoms with Gasteiger partial charge in [-0.3, -0.25) is 0 Å². The van der Waals surface area contributed by atoms with Crippen LogP contribution in [0.5, 0.6) is 0 Å². The van der Waals surface area contributed by atoms with Gasteiger partial charge in [0.2, 0.25) is 5.76 Å². The van der Waals surface area contributed by atoms with Gasteiger partial charge in [-0.15, -0.1) is 11.8 Å². The molecule has 0 radical (unpaired) electrons. The van der Waals surface area contributed by atoms with Gasteiger partial charge < -0.3 is 9.52 Å². The molecule has 3 nitrogen and oxygen atoms in total. The summed E-state index contributed by atoms with van der Waals surface area (Å²) in [5.41, 5.74) is 0. The van der Waals surface area contributed by atoms with Gasteiger partial charge in [0.15, 0.2) is 0 Å². The molecule has 94 valence electrons. The molecule has 0 atom stereocenters. The lowest BCUT2D eigenvalue weighted by molar-refractivity contribution is 0.0661. The van der Waals surface area contributed by atoms with Gasteiger partial charge in [0, 0.05) is 9.92 Å². The van der Waals surface area contributed by atoms with Crippen LogP contribution in [0, 0.1) is 0 Å². The Kier molecular flexibility index (Phi) is 4.22. The fourth-order valence-electron chi connectivity index (χ4n) is 1.31. The highest BCUT2D eigenvalue weighted by atomic mass is 35.5. The van der Waals surface area contributed by atoms with Crippen LogP contribution in [-0.2, 0) is 5.75 Å². The molecule has 1 aromatic carbocycles. The fraction of sp³-hybridized carbons (Fsp3) is 0.0833. The van der Waals surface area contributed by atoms with E-state index in [4.69, 9.17) is 32.7 Å². The van der Waals surface area contributed by atoms with E-state index < -0.39 is 5.97 Å². The average molecular weight is 303 g/mol. The van der Waals surface area contributed by atoms with E-state index in [-0.39, 0.29) is 5.76 Å². The Morgan fingerprint density at radius 1 is 1.28 bits per heavy atom. The molecule has 1 heterocycles. The predicted molar refractivity (Wildman–Crippen MR) is 71.7 cm³/mol. The molecule has 2 rings (SSSR count). The number of carboxylic acid groups (broad SMARTS) is 1. The van der Waals surface area contributed by atoms with Crippen LogP contribution in [0.15, 0.2) is 39.6 Å². The number of hydrogen-bond acceptors (Lipinski definition) is 3. The van der Waals surface area contributed by atoms with E-state index in [0.717, 1.165) is 4.90 Å². The fourth-order valence-corrected chi connectivity index (χ4v) is 2.69. The maximum absolute atomic E-state index is 10.6. The summed E-state index contributed by atoms with van der Waals surface area (Å²) >= 11 is 13.3. The number of carbonyl (C=O) groups is 1. The van der Waals surface area contributed by atoms with Crippen molar-refractivity contribution < 1.29 is 14.3 Å². The maximum atomic E-state index is 10.6. The molecule has 0 spiro atoms. The zero-order chi connectivity index (χ0) is 13.1. The monoisotopic (exact) mass is 302 g/mol. The van der Waals surface area contributed by atoms with Crippen LogP contribution < -0.4 is 0 Å². The highest BCUT2D eigenvalue weighted by Crippen LogP contribution is 2.32. The van der Waals surface area contributed by atoms with Crippen LogP contribution in [0.3, 0.4) is 0 Å². The van der Waals surface area contributed by atoms with E-state index in [1.165, 1.54) is 17.8 Å². The smallest absolute Gasteiger partial charge is 0.371 e. The van der Waals surface area contributed by atoms with Crippen molar-refractivity contribution in [2.24, 2.45) is 0 Å². The highest BCUT2D eigenvalue weighted by Gasteiger charge is 2.10. The van der Waals surface area contributed by atoms with Crippen LogP contribution in [0.4, 0.5) is 0 Å². The molecule has 0 aliphatic heterocycles. The van der Waals surface area contributed by atoms with Gasteiger partial charge in [-0.05, 0) is 30.3 Å². The third-order valence-corrected chi connectivity index (χ3v) is 3.89. The first-order valence-electron chi connectivity index (χ1n) is 4.96. The molecular weight excluding hydrogens is 295 g/mol. The van der Waals surface area contributed by atoms with Crippen LogP contribution in [-0.4, -0.2) is 11.1 Å². The topological polar surface area (TPSA) is 50.4 Å². The minimum Gasteiger partial charge on any atom is -0.475 e. The average Bonchev–Trinajstić information content (AvgIpc) is 2.79. The Hall–Kier alpha value is -1.10. The molecule has 0 fully saturated rings. The van der Waals surface area contributed by atoms with Crippen LogP contribution in [0.25, 0.3) is 0 Å². The molecule has 2 aromatic rings. The van der Waals surface area contributed by atoms with Gasteiger partial charge in [0.05, 0.1) is 10.8 Å². The second kappa shape index (κ2) is 5.69. The van der Waals surface area contributed by atoms with E-state index in [9.17, 15) is 4.79 Å². The van der Waals surface area contributed by atoms with E-state index in [2.05, 4.69) is 0 Å². The molecule has 0 aliphatic rings. The summed E-state index contributed by atoms with van der Waals surface area (Å²) in [6, 6.07) is 8.25. The Balaban J connectivity index is 2.06. The van der Waals surface area contributed by atoms with Gasteiger partial charge in [0.1, 0.15) is 5.76 Å². The maximum Gasteiger partial charge on any atom is 0.371 e. The Morgan fingerprint density at radius 3 is 2.72 bits per heavy atom. The minimum atomic E-state index is -1.08. The lowest BCUT2D eigenvalue weighted by atomic mass is 10.4. The Labute approximate surface area is 118 Å². The van der Waals surface area contributed by atoms with Crippen LogP contribution >= 0.6 is 35.0 Å². The summed E-state index contributed by atoms with van der Waals surface area (Å²) in [6.45, 7) is 0. The highest BCUT2D eigenvalue weighted by molar-refractivity contribution is 7.98. The first-order chi connectivity index (χ1) is 8.56. The largest absolute Gasteiger partial charge is 0.475 e. The van der Waals surface area contributed by atoms with Crippen molar-refractivity contribution in [1.29, 1.82) is 0 Å². The van der Waals surface area contributed by atoms with Gasteiger partial charge in [-0.1, -0.05) is 23.2 Å². The van der Waals surface area contributed by atoms with Crippen LogP contribution in [0.2, 0.25) is 10.0 Å².